The van der Waals surface area contributed by atoms with Crippen LogP contribution in [0, 0.1) is 5.92 Å². The number of hydrogen-bond donors (Lipinski definition) is 1. The first kappa shape index (κ1) is 16.3. The van der Waals surface area contributed by atoms with E-state index in [0.29, 0.717) is 12.5 Å². The third kappa shape index (κ3) is 5.95. The van der Waals surface area contributed by atoms with Crippen LogP contribution in [0.15, 0.2) is 24.3 Å². The first-order valence-electron chi connectivity index (χ1n) is 7.14. The van der Waals surface area contributed by atoms with Crippen LogP contribution < -0.4 is 10.1 Å². The molecule has 0 aliphatic carbocycles. The van der Waals surface area contributed by atoms with Crippen molar-refractivity contribution in [2.75, 3.05) is 20.7 Å². The Hall–Kier alpha value is -1.71. The van der Waals surface area contributed by atoms with Crippen LogP contribution in [0.1, 0.15) is 32.3 Å². The Morgan fingerprint density at radius 2 is 1.95 bits per heavy atom. The van der Waals surface area contributed by atoms with Gasteiger partial charge < -0.3 is 15.0 Å². The molecule has 0 fully saturated rings. The number of nitrogens with zero attached hydrogens (tertiary/aromatic N) is 1. The maximum absolute atomic E-state index is 11.9. The lowest BCUT2D eigenvalue weighted by Crippen LogP contribution is -2.37. The SMILES string of the molecule is COc1ccc(CN(C)C(=O)NCCCC(C)C)cc1. The van der Waals surface area contributed by atoms with Crippen molar-refractivity contribution >= 4 is 6.03 Å². The molecule has 4 nitrogen and oxygen atoms in total. The highest BCUT2D eigenvalue weighted by atomic mass is 16.5. The van der Waals surface area contributed by atoms with Crippen molar-refractivity contribution in [2.45, 2.75) is 33.2 Å². The van der Waals surface area contributed by atoms with Crippen LogP contribution in [0.25, 0.3) is 0 Å². The fraction of sp³-hybridized carbons (Fsp3) is 0.562. The van der Waals surface area contributed by atoms with Crippen LogP contribution in [0.5, 0.6) is 5.75 Å². The van der Waals surface area contributed by atoms with E-state index in [1.54, 1.807) is 12.0 Å². The van der Waals surface area contributed by atoms with E-state index < -0.39 is 0 Å². The number of amides is 2. The summed E-state index contributed by atoms with van der Waals surface area (Å²) in [7, 11) is 3.45. The molecule has 0 saturated carbocycles. The van der Waals surface area contributed by atoms with Crippen molar-refractivity contribution in [3.63, 3.8) is 0 Å². The smallest absolute Gasteiger partial charge is 0.317 e. The molecule has 0 spiro atoms. The van der Waals surface area contributed by atoms with E-state index in [-0.39, 0.29) is 6.03 Å². The van der Waals surface area contributed by atoms with Crippen LogP contribution in [0.4, 0.5) is 4.79 Å². The second kappa shape index (κ2) is 8.46. The molecular formula is C16H26N2O2. The lowest BCUT2D eigenvalue weighted by molar-refractivity contribution is 0.206. The Kier molecular flexibility index (Phi) is 6.91. The monoisotopic (exact) mass is 278 g/mol. The molecule has 112 valence electrons. The fourth-order valence-electron chi connectivity index (χ4n) is 1.92. The van der Waals surface area contributed by atoms with Crippen molar-refractivity contribution in [3.05, 3.63) is 29.8 Å². The number of benzene rings is 1. The zero-order valence-corrected chi connectivity index (χ0v) is 13.0. The second-order valence-electron chi connectivity index (χ2n) is 5.47. The molecule has 0 heterocycles. The summed E-state index contributed by atoms with van der Waals surface area (Å²) in [5, 5.41) is 2.94. The summed E-state index contributed by atoms with van der Waals surface area (Å²) in [6.45, 7) is 5.72. The summed E-state index contributed by atoms with van der Waals surface area (Å²) < 4.78 is 5.11. The summed E-state index contributed by atoms with van der Waals surface area (Å²) in [4.78, 5) is 13.6. The molecule has 2 amide bonds. The molecule has 1 aromatic rings. The number of carbonyl (C=O) groups excluding carboxylic acids is 1. The van der Waals surface area contributed by atoms with Gasteiger partial charge in [0.05, 0.1) is 7.11 Å². The minimum atomic E-state index is -0.0235. The molecule has 0 aliphatic rings. The third-order valence-electron chi connectivity index (χ3n) is 3.16. The minimum Gasteiger partial charge on any atom is -0.497 e. The molecule has 4 heteroatoms. The molecule has 0 aromatic heterocycles. The molecule has 0 radical (unpaired) electrons. The number of ether oxygens (including phenoxy) is 1. The van der Waals surface area contributed by atoms with E-state index in [1.165, 1.54) is 0 Å². The van der Waals surface area contributed by atoms with Crippen molar-refractivity contribution in [3.8, 4) is 5.75 Å². The minimum absolute atomic E-state index is 0.0235. The van der Waals surface area contributed by atoms with E-state index >= 15 is 0 Å². The highest BCUT2D eigenvalue weighted by Crippen LogP contribution is 2.12. The number of methoxy groups -OCH3 is 1. The Bertz CT molecular complexity index is 401. The average Bonchev–Trinajstić information content (AvgIpc) is 2.44. The number of carbonyl (C=O) groups is 1. The van der Waals surface area contributed by atoms with Gasteiger partial charge >= 0.3 is 6.03 Å². The molecular weight excluding hydrogens is 252 g/mol. The Morgan fingerprint density at radius 1 is 1.30 bits per heavy atom. The summed E-state index contributed by atoms with van der Waals surface area (Å²) in [5.41, 5.74) is 1.09. The summed E-state index contributed by atoms with van der Waals surface area (Å²) in [6.07, 6.45) is 2.17. The first-order valence-corrected chi connectivity index (χ1v) is 7.14. The largest absolute Gasteiger partial charge is 0.497 e. The van der Waals surface area contributed by atoms with E-state index in [9.17, 15) is 4.79 Å². The van der Waals surface area contributed by atoms with Crippen LogP contribution in [-0.2, 0) is 6.54 Å². The highest BCUT2D eigenvalue weighted by molar-refractivity contribution is 5.73. The van der Waals surface area contributed by atoms with Gasteiger partial charge in [-0.2, -0.15) is 0 Å². The predicted octanol–water partition coefficient (Wildman–Crippen LogP) is 3.27. The fourth-order valence-corrected chi connectivity index (χ4v) is 1.92. The lowest BCUT2D eigenvalue weighted by Gasteiger charge is -2.18. The van der Waals surface area contributed by atoms with Gasteiger partial charge in [-0.3, -0.25) is 0 Å². The molecule has 0 atom stereocenters. The number of hydrogen-bond acceptors (Lipinski definition) is 2. The molecule has 0 saturated heterocycles. The number of rotatable bonds is 7. The Balaban J connectivity index is 2.33. The topological polar surface area (TPSA) is 41.6 Å². The highest BCUT2D eigenvalue weighted by Gasteiger charge is 2.08. The van der Waals surface area contributed by atoms with Gasteiger partial charge in [0.25, 0.3) is 0 Å². The summed E-state index contributed by atoms with van der Waals surface area (Å²) >= 11 is 0. The van der Waals surface area contributed by atoms with Gasteiger partial charge in [-0.05, 0) is 36.5 Å². The van der Waals surface area contributed by atoms with Gasteiger partial charge in [0.1, 0.15) is 5.75 Å². The first-order chi connectivity index (χ1) is 9.52. The number of nitrogens with one attached hydrogen (secondary N) is 1. The maximum atomic E-state index is 11.9. The third-order valence-corrected chi connectivity index (χ3v) is 3.16. The molecule has 0 bridgehead atoms. The average molecular weight is 278 g/mol. The van der Waals surface area contributed by atoms with Crippen molar-refractivity contribution in [1.82, 2.24) is 10.2 Å². The molecule has 0 unspecified atom stereocenters. The van der Waals surface area contributed by atoms with Crippen molar-refractivity contribution in [2.24, 2.45) is 5.92 Å². The lowest BCUT2D eigenvalue weighted by atomic mass is 10.1. The van der Waals surface area contributed by atoms with Gasteiger partial charge in [0, 0.05) is 20.1 Å². The molecule has 0 aliphatic heterocycles. The normalized spacial score (nSPS) is 10.4. The quantitative estimate of drug-likeness (QED) is 0.778. The van der Waals surface area contributed by atoms with E-state index in [1.807, 2.05) is 31.3 Å². The van der Waals surface area contributed by atoms with Crippen LogP contribution >= 0.6 is 0 Å². The van der Waals surface area contributed by atoms with E-state index in [4.69, 9.17) is 4.74 Å². The zero-order valence-electron chi connectivity index (χ0n) is 13.0. The van der Waals surface area contributed by atoms with Gasteiger partial charge in [0.15, 0.2) is 0 Å². The standard InChI is InChI=1S/C16H26N2O2/c1-13(2)6-5-11-17-16(19)18(3)12-14-7-9-15(20-4)10-8-14/h7-10,13H,5-6,11-12H2,1-4H3,(H,17,19). The van der Waals surface area contributed by atoms with Gasteiger partial charge in [0.2, 0.25) is 0 Å². The summed E-state index contributed by atoms with van der Waals surface area (Å²) in [6, 6.07) is 7.74. The van der Waals surface area contributed by atoms with Crippen LogP contribution in [0.3, 0.4) is 0 Å². The van der Waals surface area contributed by atoms with E-state index in [2.05, 4.69) is 19.2 Å². The van der Waals surface area contributed by atoms with Crippen molar-refractivity contribution in [1.29, 1.82) is 0 Å². The number of urea groups is 1. The van der Waals surface area contributed by atoms with Crippen molar-refractivity contribution < 1.29 is 9.53 Å². The zero-order chi connectivity index (χ0) is 15.0. The van der Waals surface area contributed by atoms with Gasteiger partial charge in [-0.15, -0.1) is 0 Å². The maximum Gasteiger partial charge on any atom is 0.317 e. The molecule has 1 N–H and O–H groups in total. The molecule has 20 heavy (non-hydrogen) atoms. The predicted molar refractivity (Wildman–Crippen MR) is 81.9 cm³/mol. The Labute approximate surface area is 122 Å². The van der Waals surface area contributed by atoms with Gasteiger partial charge in [-0.25, -0.2) is 4.79 Å². The summed E-state index contributed by atoms with van der Waals surface area (Å²) in [5.74, 6) is 1.51. The second-order valence-corrected chi connectivity index (χ2v) is 5.47. The van der Waals surface area contributed by atoms with Crippen LogP contribution in [0.2, 0.25) is 0 Å². The Morgan fingerprint density at radius 3 is 2.50 bits per heavy atom. The van der Waals surface area contributed by atoms with Crippen LogP contribution in [-0.4, -0.2) is 31.6 Å². The molecule has 1 rings (SSSR count). The van der Waals surface area contributed by atoms with Gasteiger partial charge in [-0.1, -0.05) is 26.0 Å². The molecule has 1 aromatic carbocycles. The van der Waals surface area contributed by atoms with E-state index in [0.717, 1.165) is 30.7 Å².